The number of hydrogen-bond acceptors (Lipinski definition) is 4. The predicted octanol–water partition coefficient (Wildman–Crippen LogP) is 0.639. The average Bonchev–Trinajstić information content (AvgIpc) is 2.81. The van der Waals surface area contributed by atoms with E-state index in [9.17, 15) is 18.0 Å². The van der Waals surface area contributed by atoms with Gasteiger partial charge in [0.2, 0.25) is 11.7 Å². The third kappa shape index (κ3) is 3.09. The molecule has 0 aromatic carbocycles. The van der Waals surface area contributed by atoms with Crippen molar-refractivity contribution in [2.45, 2.75) is 32.6 Å². The molecule has 0 fully saturated rings. The van der Waals surface area contributed by atoms with Crippen molar-refractivity contribution in [2.75, 3.05) is 19.6 Å². The summed E-state index contributed by atoms with van der Waals surface area (Å²) in [6.45, 7) is 3.67. The van der Waals surface area contributed by atoms with Crippen LogP contribution in [0.2, 0.25) is 0 Å². The highest BCUT2D eigenvalue weighted by Crippen LogP contribution is 2.29. The van der Waals surface area contributed by atoms with Crippen molar-refractivity contribution in [3.63, 3.8) is 0 Å². The molecule has 0 aliphatic carbocycles. The summed E-state index contributed by atoms with van der Waals surface area (Å²) in [4.78, 5) is 13.4. The second-order valence-electron chi connectivity index (χ2n) is 4.51. The Morgan fingerprint density at radius 1 is 1.35 bits per heavy atom. The zero-order valence-electron chi connectivity index (χ0n) is 11.1. The van der Waals surface area contributed by atoms with Crippen LogP contribution in [0.4, 0.5) is 13.2 Å². The Morgan fingerprint density at radius 2 is 2.10 bits per heavy atom. The van der Waals surface area contributed by atoms with E-state index in [1.54, 1.807) is 0 Å². The van der Waals surface area contributed by atoms with Gasteiger partial charge >= 0.3 is 6.18 Å². The first kappa shape index (κ1) is 14.8. The van der Waals surface area contributed by atoms with Gasteiger partial charge in [0.15, 0.2) is 5.82 Å². The highest BCUT2D eigenvalue weighted by atomic mass is 19.4. The van der Waals surface area contributed by atoms with Crippen LogP contribution in [0.1, 0.15) is 25.0 Å². The van der Waals surface area contributed by atoms with Crippen molar-refractivity contribution in [1.29, 1.82) is 0 Å². The molecule has 1 aromatic rings. The SMILES string of the molecule is CCNCCC(=O)N1CCn2c(nnc2C(F)(F)F)C1. The number of carbonyl (C=O) groups excluding carboxylic acids is 1. The Bertz CT molecular complexity index is 485. The number of amides is 1. The minimum atomic E-state index is -4.51. The molecule has 0 saturated carbocycles. The molecule has 1 amide bonds. The summed E-state index contributed by atoms with van der Waals surface area (Å²) < 4.78 is 39.0. The summed E-state index contributed by atoms with van der Waals surface area (Å²) in [5.74, 6) is -0.901. The number of nitrogens with zero attached hydrogens (tertiary/aromatic N) is 4. The van der Waals surface area contributed by atoms with Gasteiger partial charge in [-0.3, -0.25) is 4.79 Å². The smallest absolute Gasteiger partial charge is 0.333 e. The molecule has 1 aromatic heterocycles. The monoisotopic (exact) mass is 291 g/mol. The Kier molecular flexibility index (Phi) is 4.26. The summed E-state index contributed by atoms with van der Waals surface area (Å²) in [5, 5.41) is 9.74. The molecular formula is C11H16F3N5O. The van der Waals surface area contributed by atoms with Gasteiger partial charge in [0.05, 0.1) is 6.54 Å². The van der Waals surface area contributed by atoms with Crippen molar-refractivity contribution in [3.8, 4) is 0 Å². The number of hydrogen-bond donors (Lipinski definition) is 1. The molecule has 2 heterocycles. The minimum absolute atomic E-state index is 0.0735. The number of nitrogens with one attached hydrogen (secondary N) is 1. The molecule has 9 heteroatoms. The average molecular weight is 291 g/mol. The maximum Gasteiger partial charge on any atom is 0.451 e. The Labute approximate surface area is 114 Å². The van der Waals surface area contributed by atoms with Crippen LogP contribution in [0.15, 0.2) is 0 Å². The maximum absolute atomic E-state index is 12.7. The first-order valence-electron chi connectivity index (χ1n) is 6.41. The molecule has 20 heavy (non-hydrogen) atoms. The van der Waals surface area contributed by atoms with E-state index in [-0.39, 0.29) is 31.4 Å². The first-order chi connectivity index (χ1) is 9.43. The number of alkyl halides is 3. The quantitative estimate of drug-likeness (QED) is 0.827. The molecule has 0 saturated heterocycles. The molecule has 0 radical (unpaired) electrons. The van der Waals surface area contributed by atoms with Gasteiger partial charge in [0.1, 0.15) is 0 Å². The molecule has 1 aliphatic heterocycles. The summed E-state index contributed by atoms with van der Waals surface area (Å²) in [6.07, 6.45) is -4.18. The highest BCUT2D eigenvalue weighted by molar-refractivity contribution is 5.76. The number of halogens is 3. The van der Waals surface area contributed by atoms with Gasteiger partial charge in [-0.15, -0.1) is 10.2 Å². The molecule has 0 unspecified atom stereocenters. The lowest BCUT2D eigenvalue weighted by Gasteiger charge is -2.28. The van der Waals surface area contributed by atoms with Crippen LogP contribution < -0.4 is 5.32 Å². The molecule has 0 spiro atoms. The third-order valence-electron chi connectivity index (χ3n) is 3.13. The van der Waals surface area contributed by atoms with Gasteiger partial charge in [0, 0.05) is 26.1 Å². The number of carbonyl (C=O) groups is 1. The van der Waals surface area contributed by atoms with Gasteiger partial charge in [-0.05, 0) is 6.54 Å². The van der Waals surface area contributed by atoms with Gasteiger partial charge < -0.3 is 14.8 Å². The molecule has 6 nitrogen and oxygen atoms in total. The fraction of sp³-hybridized carbons (Fsp3) is 0.727. The van der Waals surface area contributed by atoms with Gasteiger partial charge in [-0.1, -0.05) is 6.92 Å². The first-order valence-corrected chi connectivity index (χ1v) is 6.41. The van der Waals surface area contributed by atoms with Crippen molar-refractivity contribution < 1.29 is 18.0 Å². The van der Waals surface area contributed by atoms with Crippen LogP contribution in [-0.2, 0) is 24.1 Å². The van der Waals surface area contributed by atoms with Crippen molar-refractivity contribution >= 4 is 5.91 Å². The van der Waals surface area contributed by atoms with E-state index in [2.05, 4.69) is 15.5 Å². The largest absolute Gasteiger partial charge is 0.451 e. The molecule has 2 rings (SSSR count). The maximum atomic E-state index is 12.7. The lowest BCUT2D eigenvalue weighted by molar-refractivity contribution is -0.148. The van der Waals surface area contributed by atoms with Crippen LogP contribution in [0.25, 0.3) is 0 Å². The van der Waals surface area contributed by atoms with E-state index in [1.165, 1.54) is 4.90 Å². The zero-order chi connectivity index (χ0) is 14.8. The molecule has 0 bridgehead atoms. The molecular weight excluding hydrogens is 275 g/mol. The zero-order valence-corrected chi connectivity index (χ0v) is 11.1. The second-order valence-corrected chi connectivity index (χ2v) is 4.51. The predicted molar refractivity (Wildman–Crippen MR) is 63.6 cm³/mol. The van der Waals surface area contributed by atoms with Crippen LogP contribution in [0.5, 0.6) is 0 Å². The van der Waals surface area contributed by atoms with Crippen LogP contribution in [0, 0.1) is 0 Å². The van der Waals surface area contributed by atoms with E-state index < -0.39 is 12.0 Å². The fourth-order valence-corrected chi connectivity index (χ4v) is 2.11. The van der Waals surface area contributed by atoms with Crippen molar-refractivity contribution in [3.05, 3.63) is 11.6 Å². The van der Waals surface area contributed by atoms with E-state index in [1.807, 2.05) is 6.92 Å². The second kappa shape index (κ2) is 5.78. The summed E-state index contributed by atoms with van der Waals surface area (Å²) in [6, 6.07) is 0. The molecule has 1 aliphatic rings. The Hall–Kier alpha value is -1.64. The lowest BCUT2D eigenvalue weighted by Crippen LogP contribution is -2.40. The standard InChI is InChI=1S/C11H16F3N5O/c1-2-15-4-3-9(20)18-5-6-19-8(7-18)16-17-10(19)11(12,13)14/h15H,2-7H2,1H3. The topological polar surface area (TPSA) is 63.1 Å². The van der Waals surface area contributed by atoms with Crippen LogP contribution in [-0.4, -0.2) is 45.2 Å². The molecule has 1 N–H and O–H groups in total. The van der Waals surface area contributed by atoms with Crippen molar-refractivity contribution in [1.82, 2.24) is 25.0 Å². The Balaban J connectivity index is 2.02. The normalized spacial score (nSPS) is 15.3. The Morgan fingerprint density at radius 3 is 2.75 bits per heavy atom. The van der Waals surface area contributed by atoms with E-state index in [0.29, 0.717) is 13.0 Å². The highest BCUT2D eigenvalue weighted by Gasteiger charge is 2.39. The number of rotatable bonds is 4. The van der Waals surface area contributed by atoms with Gasteiger partial charge in [-0.2, -0.15) is 13.2 Å². The summed E-state index contributed by atoms with van der Waals surface area (Å²) >= 11 is 0. The molecule has 0 atom stereocenters. The third-order valence-corrected chi connectivity index (χ3v) is 3.13. The van der Waals surface area contributed by atoms with E-state index in [4.69, 9.17) is 0 Å². The van der Waals surface area contributed by atoms with Crippen LogP contribution >= 0.6 is 0 Å². The lowest BCUT2D eigenvalue weighted by atomic mass is 10.3. The van der Waals surface area contributed by atoms with E-state index >= 15 is 0 Å². The number of fused-ring (bicyclic) bond motifs is 1. The number of aromatic nitrogens is 3. The summed E-state index contributed by atoms with van der Waals surface area (Å²) in [5.41, 5.74) is 0. The fourth-order valence-electron chi connectivity index (χ4n) is 2.11. The summed E-state index contributed by atoms with van der Waals surface area (Å²) in [7, 11) is 0. The van der Waals surface area contributed by atoms with Gasteiger partial charge in [-0.25, -0.2) is 0 Å². The van der Waals surface area contributed by atoms with Gasteiger partial charge in [0.25, 0.3) is 0 Å². The van der Waals surface area contributed by atoms with Crippen LogP contribution in [0.3, 0.4) is 0 Å². The van der Waals surface area contributed by atoms with E-state index in [0.717, 1.165) is 11.1 Å². The molecule has 112 valence electrons. The minimum Gasteiger partial charge on any atom is -0.333 e. The van der Waals surface area contributed by atoms with Crippen molar-refractivity contribution in [2.24, 2.45) is 0 Å².